The molecule has 0 N–H and O–H groups in total. The Bertz CT molecular complexity index is 839. The number of ether oxygens (including phenoxy) is 1. The first-order valence-electron chi connectivity index (χ1n) is 13.2. The molecule has 0 radical (unpaired) electrons. The zero-order chi connectivity index (χ0) is 24.4. The molecule has 0 amide bonds. The Morgan fingerprint density at radius 2 is 1.82 bits per heavy atom. The Morgan fingerprint density at radius 1 is 1.12 bits per heavy atom. The minimum absolute atomic E-state index is 0.0422. The third-order valence-electron chi connectivity index (χ3n) is 10.8. The number of carbonyl (C=O) groups is 2. The quantitative estimate of drug-likeness (QED) is 0.336. The van der Waals surface area contributed by atoms with E-state index in [0.29, 0.717) is 35.9 Å². The number of hydrogen-bond donors (Lipinski definition) is 0. The molecule has 4 rings (SSSR count). The predicted octanol–water partition coefficient (Wildman–Crippen LogP) is 6.70. The van der Waals surface area contributed by atoms with Gasteiger partial charge in [-0.3, -0.25) is 9.59 Å². The average molecular weight is 475 g/mol. The van der Waals surface area contributed by atoms with Gasteiger partial charge in [-0.25, -0.2) is 0 Å². The van der Waals surface area contributed by atoms with Crippen LogP contribution >= 0.6 is 0 Å². The van der Waals surface area contributed by atoms with Crippen molar-refractivity contribution in [3.05, 3.63) is 11.6 Å². The van der Waals surface area contributed by atoms with Gasteiger partial charge in [0.25, 0.3) is 0 Å². The van der Waals surface area contributed by atoms with Crippen LogP contribution < -0.4 is 0 Å². The van der Waals surface area contributed by atoms with Crippen LogP contribution in [0.5, 0.6) is 0 Å². The number of carbonyl (C=O) groups excluding carboxylic acids is 2. The monoisotopic (exact) mass is 474 g/mol. The van der Waals surface area contributed by atoms with Crippen LogP contribution in [0, 0.1) is 34.5 Å². The standard InChI is InChI=1S/C28H46O4Si/c1-18(29)32-24-10-9-22-25-19(17-31-33(7,8)26(2,3)4)15-20-16-21(30)11-13-27(20,5)23(25)12-14-28(22,24)6/h16,19,22-25H,9-15,17H2,1-8H3/t19?,22?,23?,24-,25?,27-,28-/m0/s1. The normalized spacial score (nSPS) is 41.0. The number of ketones is 1. The summed E-state index contributed by atoms with van der Waals surface area (Å²) in [6, 6.07) is 0. The summed E-state index contributed by atoms with van der Waals surface area (Å²) in [7, 11) is -1.86. The summed E-state index contributed by atoms with van der Waals surface area (Å²) in [5.74, 6) is 2.33. The van der Waals surface area contributed by atoms with Crippen LogP contribution in [-0.4, -0.2) is 32.8 Å². The van der Waals surface area contributed by atoms with Gasteiger partial charge in [-0.1, -0.05) is 40.2 Å². The number of hydrogen-bond acceptors (Lipinski definition) is 4. The summed E-state index contributed by atoms with van der Waals surface area (Å²) in [6.45, 7) is 18.8. The molecule has 4 nitrogen and oxygen atoms in total. The highest BCUT2D eigenvalue weighted by Crippen LogP contribution is 2.67. The number of allylic oxidation sites excluding steroid dienone is 1. The lowest BCUT2D eigenvalue weighted by Gasteiger charge is -2.60. The van der Waals surface area contributed by atoms with Gasteiger partial charge in [-0.05, 0) is 91.8 Å². The number of fused-ring (bicyclic) bond motifs is 5. The van der Waals surface area contributed by atoms with E-state index in [4.69, 9.17) is 9.16 Å². The van der Waals surface area contributed by atoms with E-state index in [0.717, 1.165) is 45.1 Å². The van der Waals surface area contributed by atoms with Gasteiger partial charge < -0.3 is 9.16 Å². The van der Waals surface area contributed by atoms with Crippen molar-refractivity contribution in [2.75, 3.05) is 6.61 Å². The Labute approximate surface area is 202 Å². The Hall–Kier alpha value is -0.943. The molecule has 3 saturated carbocycles. The molecule has 0 bridgehead atoms. The number of esters is 1. The first-order valence-corrected chi connectivity index (χ1v) is 16.1. The molecule has 4 unspecified atom stereocenters. The average Bonchev–Trinajstić information content (AvgIpc) is 3.02. The first-order chi connectivity index (χ1) is 15.2. The van der Waals surface area contributed by atoms with Crippen molar-refractivity contribution >= 4 is 20.1 Å². The third-order valence-corrected chi connectivity index (χ3v) is 15.3. The minimum atomic E-state index is -1.86. The largest absolute Gasteiger partial charge is 0.462 e. The van der Waals surface area contributed by atoms with Crippen molar-refractivity contribution < 1.29 is 18.8 Å². The molecule has 0 spiro atoms. The minimum Gasteiger partial charge on any atom is -0.462 e. The van der Waals surface area contributed by atoms with E-state index in [1.165, 1.54) is 5.57 Å². The van der Waals surface area contributed by atoms with Crippen molar-refractivity contribution in [2.45, 2.75) is 111 Å². The van der Waals surface area contributed by atoms with E-state index in [-0.39, 0.29) is 27.9 Å². The Balaban J connectivity index is 1.68. The molecule has 186 valence electrons. The van der Waals surface area contributed by atoms with E-state index >= 15 is 0 Å². The van der Waals surface area contributed by atoms with Crippen LogP contribution in [0.2, 0.25) is 18.1 Å². The van der Waals surface area contributed by atoms with Crippen LogP contribution in [0.3, 0.4) is 0 Å². The summed E-state index contributed by atoms with van der Waals surface area (Å²) in [6.07, 6.45) is 9.11. The lowest BCUT2D eigenvalue weighted by atomic mass is 9.45. The molecule has 0 aromatic rings. The van der Waals surface area contributed by atoms with Crippen molar-refractivity contribution in [3.8, 4) is 0 Å². The zero-order valence-corrected chi connectivity index (χ0v) is 23.3. The van der Waals surface area contributed by atoms with Gasteiger partial charge in [0.15, 0.2) is 14.1 Å². The Morgan fingerprint density at radius 3 is 2.45 bits per heavy atom. The molecule has 0 aromatic carbocycles. The molecule has 7 atom stereocenters. The van der Waals surface area contributed by atoms with Gasteiger partial charge in [-0.2, -0.15) is 0 Å². The maximum Gasteiger partial charge on any atom is 0.302 e. The van der Waals surface area contributed by atoms with Gasteiger partial charge in [0.05, 0.1) is 0 Å². The van der Waals surface area contributed by atoms with Crippen LogP contribution in [0.15, 0.2) is 11.6 Å². The number of rotatable bonds is 4. The van der Waals surface area contributed by atoms with Gasteiger partial charge in [-0.15, -0.1) is 0 Å². The van der Waals surface area contributed by atoms with Crippen molar-refractivity contribution in [1.29, 1.82) is 0 Å². The molecule has 0 saturated heterocycles. The fourth-order valence-electron chi connectivity index (χ4n) is 7.75. The topological polar surface area (TPSA) is 52.6 Å². The lowest BCUT2D eigenvalue weighted by Crippen LogP contribution is -2.56. The second kappa shape index (κ2) is 8.32. The van der Waals surface area contributed by atoms with Crippen molar-refractivity contribution in [3.63, 3.8) is 0 Å². The smallest absolute Gasteiger partial charge is 0.302 e. The predicted molar refractivity (Wildman–Crippen MR) is 134 cm³/mol. The maximum absolute atomic E-state index is 12.4. The summed E-state index contributed by atoms with van der Waals surface area (Å²) in [4.78, 5) is 24.3. The second-order valence-corrected chi connectivity index (χ2v) is 18.4. The van der Waals surface area contributed by atoms with Crippen LogP contribution in [-0.2, 0) is 18.8 Å². The molecule has 33 heavy (non-hydrogen) atoms. The van der Waals surface area contributed by atoms with Gasteiger partial charge >= 0.3 is 5.97 Å². The van der Waals surface area contributed by atoms with Crippen LogP contribution in [0.1, 0.15) is 86.5 Å². The van der Waals surface area contributed by atoms with Gasteiger partial charge in [0.2, 0.25) is 0 Å². The highest BCUT2D eigenvalue weighted by atomic mass is 28.4. The zero-order valence-electron chi connectivity index (χ0n) is 22.3. The molecule has 0 aromatic heterocycles. The second-order valence-electron chi connectivity index (χ2n) is 13.6. The van der Waals surface area contributed by atoms with Crippen LogP contribution in [0.4, 0.5) is 0 Å². The third kappa shape index (κ3) is 4.20. The molecular weight excluding hydrogens is 428 g/mol. The maximum atomic E-state index is 12.4. The van der Waals surface area contributed by atoms with Gasteiger partial charge in [0.1, 0.15) is 6.10 Å². The molecule has 4 aliphatic carbocycles. The molecule has 3 fully saturated rings. The van der Waals surface area contributed by atoms with E-state index in [2.05, 4.69) is 47.7 Å². The molecule has 0 heterocycles. The highest BCUT2D eigenvalue weighted by molar-refractivity contribution is 6.74. The van der Waals surface area contributed by atoms with Crippen LogP contribution in [0.25, 0.3) is 0 Å². The fraction of sp³-hybridized carbons (Fsp3) is 0.857. The molecule has 5 heteroatoms. The SMILES string of the molecule is CC(=O)O[C@H]1CCC2C3C(CO[Si](C)(C)C(C)(C)C)CC4=CC(=O)CC[C@]4(C)C3CC[C@@]21C. The van der Waals surface area contributed by atoms with Crippen molar-refractivity contribution in [1.82, 2.24) is 0 Å². The Kier molecular flexibility index (Phi) is 6.35. The lowest BCUT2D eigenvalue weighted by molar-refractivity contribution is -0.159. The van der Waals surface area contributed by atoms with Gasteiger partial charge in [0, 0.05) is 25.4 Å². The summed E-state index contributed by atoms with van der Waals surface area (Å²) in [5.41, 5.74) is 1.58. The molecule has 0 aliphatic heterocycles. The van der Waals surface area contributed by atoms with Crippen molar-refractivity contribution in [2.24, 2.45) is 34.5 Å². The summed E-state index contributed by atoms with van der Waals surface area (Å²) < 4.78 is 12.7. The highest BCUT2D eigenvalue weighted by Gasteiger charge is 2.62. The fourth-order valence-corrected chi connectivity index (χ4v) is 8.82. The van der Waals surface area contributed by atoms with E-state index in [1.54, 1.807) is 6.92 Å². The molecule has 4 aliphatic rings. The van der Waals surface area contributed by atoms with E-state index in [9.17, 15) is 9.59 Å². The molecular formula is C28H46O4Si. The summed E-state index contributed by atoms with van der Waals surface area (Å²) in [5, 5.41) is 0.185. The van der Waals surface area contributed by atoms with E-state index in [1.807, 2.05) is 6.08 Å². The van der Waals surface area contributed by atoms with E-state index < -0.39 is 8.32 Å². The first kappa shape index (κ1) is 25.2. The summed E-state index contributed by atoms with van der Waals surface area (Å²) >= 11 is 0.